The highest BCUT2D eigenvalue weighted by Gasteiger charge is 2.10. The van der Waals surface area contributed by atoms with Gasteiger partial charge in [-0.25, -0.2) is 0 Å². The van der Waals surface area contributed by atoms with Gasteiger partial charge in [-0.3, -0.25) is 0 Å². The summed E-state index contributed by atoms with van der Waals surface area (Å²) in [7, 11) is 1.70. The van der Waals surface area contributed by atoms with Gasteiger partial charge >= 0.3 is 0 Å². The summed E-state index contributed by atoms with van der Waals surface area (Å²) < 4.78 is 5.40. The molecule has 0 saturated heterocycles. The fourth-order valence-electron chi connectivity index (χ4n) is 2.19. The van der Waals surface area contributed by atoms with Crippen molar-refractivity contribution in [1.29, 1.82) is 0 Å². The van der Waals surface area contributed by atoms with Crippen molar-refractivity contribution in [2.75, 3.05) is 13.7 Å². The second-order valence-electron chi connectivity index (χ2n) is 4.81. The Labute approximate surface area is 121 Å². The van der Waals surface area contributed by atoms with E-state index in [9.17, 15) is 0 Å². The maximum absolute atomic E-state index is 5.40. The summed E-state index contributed by atoms with van der Waals surface area (Å²) >= 11 is 0. The molecule has 2 nitrogen and oxygen atoms in total. The molecule has 2 rings (SSSR count). The van der Waals surface area contributed by atoms with Crippen LogP contribution in [0.1, 0.15) is 24.1 Å². The monoisotopic (exact) mass is 267 g/mol. The first-order valence-corrected chi connectivity index (χ1v) is 6.82. The van der Waals surface area contributed by atoms with Gasteiger partial charge < -0.3 is 10.1 Å². The molecule has 0 heterocycles. The van der Waals surface area contributed by atoms with E-state index >= 15 is 0 Å². The van der Waals surface area contributed by atoms with Crippen LogP contribution in [0.3, 0.4) is 0 Å². The van der Waals surface area contributed by atoms with Gasteiger partial charge in [0.05, 0.1) is 7.11 Å². The van der Waals surface area contributed by atoms with Crippen LogP contribution in [0.4, 0.5) is 0 Å². The minimum absolute atomic E-state index is 0.214. The smallest absolute Gasteiger partial charge is 0.123 e. The van der Waals surface area contributed by atoms with Crippen molar-refractivity contribution in [3.63, 3.8) is 0 Å². The second-order valence-corrected chi connectivity index (χ2v) is 4.81. The fraction of sp³-hybridized carbons (Fsp3) is 0.222. The molecule has 0 bridgehead atoms. The van der Waals surface area contributed by atoms with Crippen LogP contribution in [-0.2, 0) is 0 Å². The Balaban J connectivity index is 1.99. The van der Waals surface area contributed by atoms with Crippen LogP contribution in [0.25, 0.3) is 5.57 Å². The summed E-state index contributed by atoms with van der Waals surface area (Å²) in [5.41, 5.74) is 3.43. The Morgan fingerprint density at radius 3 is 2.45 bits per heavy atom. The number of hydrogen-bond donors (Lipinski definition) is 1. The Morgan fingerprint density at radius 2 is 1.75 bits per heavy atom. The van der Waals surface area contributed by atoms with Gasteiger partial charge in [-0.15, -0.1) is 0 Å². The molecule has 0 amide bonds. The van der Waals surface area contributed by atoms with E-state index in [1.54, 1.807) is 7.11 Å². The number of para-hydroxylation sites is 1. The Morgan fingerprint density at radius 1 is 1.10 bits per heavy atom. The van der Waals surface area contributed by atoms with Crippen molar-refractivity contribution in [2.24, 2.45) is 0 Å². The molecule has 0 spiro atoms. The van der Waals surface area contributed by atoms with Gasteiger partial charge in [0.25, 0.3) is 0 Å². The lowest BCUT2D eigenvalue weighted by Gasteiger charge is -2.18. The Bertz CT molecular complexity index is 563. The number of nitrogens with one attached hydrogen (secondary N) is 1. The largest absolute Gasteiger partial charge is 0.496 e. The van der Waals surface area contributed by atoms with Gasteiger partial charge in [-0.2, -0.15) is 0 Å². The molecule has 2 aromatic rings. The predicted octanol–water partition coefficient (Wildman–Crippen LogP) is 4.06. The van der Waals surface area contributed by atoms with Crippen LogP contribution >= 0.6 is 0 Å². The minimum atomic E-state index is 0.214. The number of benzene rings is 2. The van der Waals surface area contributed by atoms with E-state index in [2.05, 4.69) is 37.0 Å². The number of ether oxygens (including phenoxy) is 1. The highest BCUT2D eigenvalue weighted by molar-refractivity contribution is 5.64. The number of rotatable bonds is 6. The van der Waals surface area contributed by atoms with Crippen LogP contribution in [0.2, 0.25) is 0 Å². The second kappa shape index (κ2) is 6.92. The molecular formula is C18H21NO. The van der Waals surface area contributed by atoms with Crippen molar-refractivity contribution in [3.05, 3.63) is 72.3 Å². The molecular weight excluding hydrogens is 246 g/mol. The van der Waals surface area contributed by atoms with E-state index < -0.39 is 0 Å². The van der Waals surface area contributed by atoms with Gasteiger partial charge in [-0.05, 0) is 24.1 Å². The summed E-state index contributed by atoms with van der Waals surface area (Å²) in [6.45, 7) is 7.03. The first kappa shape index (κ1) is 14.4. The maximum atomic E-state index is 5.40. The Kier molecular flexibility index (Phi) is 4.97. The molecule has 0 radical (unpaired) electrons. The van der Waals surface area contributed by atoms with Gasteiger partial charge in [-0.1, -0.05) is 55.1 Å². The summed E-state index contributed by atoms with van der Waals surface area (Å²) in [5.74, 6) is 0.915. The van der Waals surface area contributed by atoms with Crippen molar-refractivity contribution < 1.29 is 4.74 Å². The van der Waals surface area contributed by atoms with Crippen LogP contribution in [0, 0.1) is 0 Å². The molecule has 20 heavy (non-hydrogen) atoms. The minimum Gasteiger partial charge on any atom is -0.496 e. The third kappa shape index (κ3) is 3.49. The van der Waals surface area contributed by atoms with Gasteiger partial charge in [0.2, 0.25) is 0 Å². The first-order valence-electron chi connectivity index (χ1n) is 6.82. The molecule has 104 valence electrons. The zero-order valence-corrected chi connectivity index (χ0v) is 12.1. The summed E-state index contributed by atoms with van der Waals surface area (Å²) in [4.78, 5) is 0. The topological polar surface area (TPSA) is 21.3 Å². The molecule has 0 aliphatic heterocycles. The normalized spacial score (nSPS) is 11.9. The summed E-state index contributed by atoms with van der Waals surface area (Å²) in [6, 6.07) is 18.5. The lowest BCUT2D eigenvalue weighted by molar-refractivity contribution is 0.403. The van der Waals surface area contributed by atoms with E-state index in [1.165, 1.54) is 5.56 Å². The zero-order chi connectivity index (χ0) is 14.4. The van der Waals surface area contributed by atoms with E-state index in [4.69, 9.17) is 4.74 Å². The highest BCUT2D eigenvalue weighted by atomic mass is 16.5. The van der Waals surface area contributed by atoms with E-state index in [0.29, 0.717) is 0 Å². The zero-order valence-electron chi connectivity index (χ0n) is 12.1. The van der Waals surface area contributed by atoms with Gasteiger partial charge in [0.1, 0.15) is 5.75 Å². The summed E-state index contributed by atoms with van der Waals surface area (Å²) in [6.07, 6.45) is 0. The predicted molar refractivity (Wildman–Crippen MR) is 84.9 cm³/mol. The average Bonchev–Trinajstić information content (AvgIpc) is 2.53. The Hall–Kier alpha value is -2.06. The first-order chi connectivity index (χ1) is 9.72. The van der Waals surface area contributed by atoms with E-state index in [0.717, 1.165) is 23.4 Å². The molecule has 1 N–H and O–H groups in total. The lowest BCUT2D eigenvalue weighted by atomic mass is 10.0. The van der Waals surface area contributed by atoms with Crippen molar-refractivity contribution in [3.8, 4) is 5.75 Å². The highest BCUT2D eigenvalue weighted by Crippen LogP contribution is 2.24. The van der Waals surface area contributed by atoms with Crippen molar-refractivity contribution >= 4 is 5.57 Å². The lowest BCUT2D eigenvalue weighted by Crippen LogP contribution is -2.21. The molecule has 0 saturated carbocycles. The van der Waals surface area contributed by atoms with Crippen LogP contribution in [0.5, 0.6) is 5.75 Å². The van der Waals surface area contributed by atoms with Gasteiger partial charge in [0, 0.05) is 18.2 Å². The van der Waals surface area contributed by atoms with E-state index in [-0.39, 0.29) is 6.04 Å². The standard InChI is InChI=1S/C18H21NO/c1-14(16-9-5-4-6-10-16)13-19-15(2)17-11-7-8-12-18(17)20-3/h4-12,15,19H,1,13H2,2-3H3/t15-/m1/s1. The molecule has 0 aromatic heterocycles. The molecule has 0 fully saturated rings. The van der Waals surface area contributed by atoms with Crippen LogP contribution in [-0.4, -0.2) is 13.7 Å². The van der Waals surface area contributed by atoms with Crippen molar-refractivity contribution in [2.45, 2.75) is 13.0 Å². The fourth-order valence-corrected chi connectivity index (χ4v) is 2.19. The molecule has 0 aliphatic rings. The average molecular weight is 267 g/mol. The molecule has 2 heteroatoms. The summed E-state index contributed by atoms with van der Waals surface area (Å²) in [5, 5.41) is 3.49. The van der Waals surface area contributed by atoms with Crippen LogP contribution < -0.4 is 10.1 Å². The quantitative estimate of drug-likeness (QED) is 0.852. The van der Waals surface area contributed by atoms with Gasteiger partial charge in [0.15, 0.2) is 0 Å². The molecule has 2 aromatic carbocycles. The van der Waals surface area contributed by atoms with E-state index in [1.807, 2.05) is 36.4 Å². The molecule has 0 aliphatic carbocycles. The van der Waals surface area contributed by atoms with Crippen LogP contribution in [0.15, 0.2) is 61.2 Å². The number of methoxy groups -OCH3 is 1. The van der Waals surface area contributed by atoms with Crippen molar-refractivity contribution in [1.82, 2.24) is 5.32 Å². The maximum Gasteiger partial charge on any atom is 0.123 e. The molecule has 0 unspecified atom stereocenters. The SMILES string of the molecule is C=C(CN[C@H](C)c1ccccc1OC)c1ccccc1. The number of hydrogen-bond acceptors (Lipinski definition) is 2. The third-order valence-corrected chi connectivity index (χ3v) is 3.41. The molecule has 1 atom stereocenters. The third-order valence-electron chi connectivity index (χ3n) is 3.41.